The van der Waals surface area contributed by atoms with Gasteiger partial charge >= 0.3 is 0 Å². The van der Waals surface area contributed by atoms with E-state index in [-0.39, 0.29) is 23.8 Å². The van der Waals surface area contributed by atoms with Gasteiger partial charge in [-0.1, -0.05) is 24.3 Å². The monoisotopic (exact) mass is 422 g/mol. The van der Waals surface area contributed by atoms with Crippen molar-refractivity contribution in [2.24, 2.45) is 5.41 Å². The normalized spacial score (nSPS) is 34.1. The summed E-state index contributed by atoms with van der Waals surface area (Å²) in [4.78, 5) is 32.0. The van der Waals surface area contributed by atoms with Gasteiger partial charge in [-0.15, -0.1) is 0 Å². The smallest absolute Gasteiger partial charge is 0.239 e. The van der Waals surface area contributed by atoms with E-state index >= 15 is 0 Å². The van der Waals surface area contributed by atoms with Crippen LogP contribution in [-0.4, -0.2) is 47.3 Å². The first-order valence-corrected chi connectivity index (χ1v) is 12.2. The van der Waals surface area contributed by atoms with Crippen molar-refractivity contribution < 1.29 is 14.0 Å². The van der Waals surface area contributed by atoms with E-state index in [1.54, 1.807) is 0 Å². The molecule has 1 aromatic heterocycles. The first kappa shape index (κ1) is 20.6. The number of piperidine rings is 1. The average molecular weight is 423 g/mol. The highest BCUT2D eigenvalue weighted by Gasteiger charge is 2.63. The molecule has 166 valence electrons. The molecule has 0 radical (unpaired) electrons. The Balaban J connectivity index is 1.55. The lowest BCUT2D eigenvalue weighted by Crippen LogP contribution is -2.56. The van der Waals surface area contributed by atoms with E-state index < -0.39 is 5.41 Å². The molecule has 0 aliphatic carbocycles. The Hall–Kier alpha value is -2.30. The molecule has 5 aliphatic heterocycles. The second-order valence-corrected chi connectivity index (χ2v) is 9.65. The lowest BCUT2D eigenvalue weighted by atomic mass is 9.65. The van der Waals surface area contributed by atoms with Gasteiger partial charge in [0.05, 0.1) is 12.3 Å². The molecule has 4 bridgehead atoms. The van der Waals surface area contributed by atoms with Crippen molar-refractivity contribution in [3.05, 3.63) is 48.0 Å². The second kappa shape index (κ2) is 8.68. The van der Waals surface area contributed by atoms with E-state index in [4.69, 9.17) is 4.42 Å². The zero-order valence-electron chi connectivity index (χ0n) is 18.4. The predicted octanol–water partition coefficient (Wildman–Crippen LogP) is 4.60. The number of hydrogen-bond acceptors (Lipinski definition) is 3. The minimum atomic E-state index is -0.975. The van der Waals surface area contributed by atoms with Crippen LogP contribution in [-0.2, 0) is 16.0 Å². The van der Waals surface area contributed by atoms with Crippen LogP contribution >= 0.6 is 0 Å². The number of rotatable bonds is 0. The standard InChI is InChI=1S/C26H34N2O3/c29-24-26(18-21-11-7-4-6-10-15-28(21)25(26)30)23-13-16-27(24)14-9-5-2-1-3-8-12-22-17-20(23)19-31-22/h1,3,7,11,17,19,21,23H,2,4-6,8-10,12-16,18H2/b3-1-,11-7-/t21-,23+,26+/m0/s1. The van der Waals surface area contributed by atoms with E-state index in [2.05, 4.69) is 30.4 Å². The summed E-state index contributed by atoms with van der Waals surface area (Å²) in [6.07, 6.45) is 20.2. The molecule has 1 aromatic rings. The third-order valence-corrected chi connectivity index (χ3v) is 7.75. The minimum Gasteiger partial charge on any atom is -0.469 e. The molecule has 31 heavy (non-hydrogen) atoms. The van der Waals surface area contributed by atoms with Gasteiger partial charge in [0.1, 0.15) is 11.2 Å². The van der Waals surface area contributed by atoms with Gasteiger partial charge in [0.2, 0.25) is 11.8 Å². The number of aryl methyl sites for hydroxylation is 1. The van der Waals surface area contributed by atoms with Crippen molar-refractivity contribution in [3.63, 3.8) is 0 Å². The van der Waals surface area contributed by atoms with Gasteiger partial charge in [0, 0.05) is 32.0 Å². The van der Waals surface area contributed by atoms with E-state index in [0.29, 0.717) is 6.42 Å². The predicted molar refractivity (Wildman–Crippen MR) is 120 cm³/mol. The maximum atomic E-state index is 14.0. The third kappa shape index (κ3) is 3.66. The molecular weight excluding hydrogens is 388 g/mol. The SMILES string of the molecule is O=C1N2CCCC/C=C\CCc3cc(co3)[C@@H](CC2)[C@]12C[C@@H]1/C=C\CCCCN1C2=O. The number of carbonyl (C=O) groups excluding carboxylic acids is 2. The molecule has 3 atom stereocenters. The molecule has 0 N–H and O–H groups in total. The van der Waals surface area contributed by atoms with Crippen LogP contribution in [0.2, 0.25) is 0 Å². The molecule has 2 amide bonds. The molecule has 1 spiro atoms. The topological polar surface area (TPSA) is 53.8 Å². The van der Waals surface area contributed by atoms with Gasteiger partial charge < -0.3 is 14.2 Å². The van der Waals surface area contributed by atoms with Crippen LogP contribution in [0.1, 0.15) is 75.0 Å². The number of fused-ring (bicyclic) bond motifs is 8. The fourth-order valence-electron chi connectivity index (χ4n) is 6.11. The maximum Gasteiger partial charge on any atom is 0.239 e. The van der Waals surface area contributed by atoms with Crippen molar-refractivity contribution in [1.82, 2.24) is 9.80 Å². The Morgan fingerprint density at radius 2 is 1.71 bits per heavy atom. The molecular formula is C26H34N2O3. The lowest BCUT2D eigenvalue weighted by molar-refractivity contribution is -0.157. The molecule has 0 unspecified atom stereocenters. The third-order valence-electron chi connectivity index (χ3n) is 7.75. The van der Waals surface area contributed by atoms with Gasteiger partial charge in [-0.25, -0.2) is 0 Å². The molecule has 2 saturated heterocycles. The first-order chi connectivity index (χ1) is 15.2. The van der Waals surface area contributed by atoms with Gasteiger partial charge in [-0.05, 0) is 69.4 Å². The van der Waals surface area contributed by atoms with Crippen LogP contribution in [0, 0.1) is 5.41 Å². The van der Waals surface area contributed by atoms with Crippen molar-refractivity contribution >= 4 is 11.8 Å². The van der Waals surface area contributed by atoms with Crippen LogP contribution in [0.4, 0.5) is 0 Å². The quantitative estimate of drug-likeness (QED) is 0.454. The van der Waals surface area contributed by atoms with Crippen LogP contribution in [0.3, 0.4) is 0 Å². The van der Waals surface area contributed by atoms with Crippen LogP contribution < -0.4 is 0 Å². The Morgan fingerprint density at radius 1 is 0.903 bits per heavy atom. The van der Waals surface area contributed by atoms with Crippen molar-refractivity contribution in [2.75, 3.05) is 19.6 Å². The summed E-state index contributed by atoms with van der Waals surface area (Å²) < 4.78 is 5.90. The van der Waals surface area contributed by atoms with E-state index in [1.807, 2.05) is 16.1 Å². The molecule has 0 saturated carbocycles. The summed E-state index contributed by atoms with van der Waals surface area (Å²) in [6, 6.07) is 2.15. The Labute approximate surface area is 185 Å². The van der Waals surface area contributed by atoms with Crippen molar-refractivity contribution in [1.29, 1.82) is 0 Å². The summed E-state index contributed by atoms with van der Waals surface area (Å²) in [6.45, 7) is 2.25. The van der Waals surface area contributed by atoms with Crippen LogP contribution in [0.5, 0.6) is 0 Å². The number of hydrogen-bond donors (Lipinski definition) is 0. The van der Waals surface area contributed by atoms with Gasteiger partial charge in [0.25, 0.3) is 0 Å². The molecule has 0 aromatic carbocycles. The minimum absolute atomic E-state index is 0.0388. The summed E-state index contributed by atoms with van der Waals surface area (Å²) in [5, 5.41) is 0. The highest BCUT2D eigenvalue weighted by Crippen LogP contribution is 2.53. The Bertz CT molecular complexity index is 885. The van der Waals surface area contributed by atoms with Crippen LogP contribution in [0.15, 0.2) is 41.1 Å². The van der Waals surface area contributed by atoms with E-state index in [0.717, 1.165) is 88.7 Å². The number of amides is 2. The van der Waals surface area contributed by atoms with Gasteiger partial charge in [-0.3, -0.25) is 9.59 Å². The molecule has 6 rings (SSSR count). The Kier molecular flexibility index (Phi) is 5.77. The zero-order valence-corrected chi connectivity index (χ0v) is 18.4. The summed E-state index contributed by atoms with van der Waals surface area (Å²) in [5.41, 5.74) is 0.0617. The first-order valence-electron chi connectivity index (χ1n) is 12.2. The molecule has 6 heterocycles. The lowest BCUT2D eigenvalue weighted by Gasteiger charge is -2.43. The molecule has 2 fully saturated rings. The summed E-state index contributed by atoms with van der Waals surface area (Å²) >= 11 is 0. The van der Waals surface area contributed by atoms with Crippen molar-refractivity contribution in [3.8, 4) is 0 Å². The largest absolute Gasteiger partial charge is 0.469 e. The van der Waals surface area contributed by atoms with E-state index in [9.17, 15) is 9.59 Å². The highest BCUT2D eigenvalue weighted by molar-refractivity contribution is 6.08. The number of carbonyl (C=O) groups is 2. The van der Waals surface area contributed by atoms with Gasteiger partial charge in [-0.2, -0.15) is 0 Å². The highest BCUT2D eigenvalue weighted by atomic mass is 16.3. The number of nitrogens with zero attached hydrogens (tertiary/aromatic N) is 2. The maximum absolute atomic E-state index is 14.0. The van der Waals surface area contributed by atoms with E-state index in [1.165, 1.54) is 0 Å². The second-order valence-electron chi connectivity index (χ2n) is 9.65. The fraction of sp³-hybridized carbons (Fsp3) is 0.615. The van der Waals surface area contributed by atoms with Gasteiger partial charge in [0.15, 0.2) is 0 Å². The summed E-state index contributed by atoms with van der Waals surface area (Å²) in [7, 11) is 0. The molecule has 5 nitrogen and oxygen atoms in total. The van der Waals surface area contributed by atoms with Crippen LogP contribution in [0.25, 0.3) is 0 Å². The van der Waals surface area contributed by atoms with Crippen molar-refractivity contribution in [2.45, 2.75) is 76.2 Å². The zero-order chi connectivity index (χ0) is 21.3. The molecule has 5 heteroatoms. The molecule has 5 aliphatic rings. The fourth-order valence-corrected chi connectivity index (χ4v) is 6.11. The average Bonchev–Trinajstić information content (AvgIpc) is 3.30. The number of allylic oxidation sites excluding steroid dienone is 3. The Morgan fingerprint density at radius 3 is 2.61 bits per heavy atom. The number of furan rings is 1. The summed E-state index contributed by atoms with van der Waals surface area (Å²) in [5.74, 6) is 0.972.